The summed E-state index contributed by atoms with van der Waals surface area (Å²) >= 11 is 0. The molecule has 0 radical (unpaired) electrons. The van der Waals surface area contributed by atoms with Crippen LogP contribution in [0.4, 0.5) is 0 Å². The molecule has 0 unspecified atom stereocenters. The van der Waals surface area contributed by atoms with Crippen molar-refractivity contribution in [1.82, 2.24) is 10.2 Å². The Labute approximate surface area is 160 Å². The maximum Gasteiger partial charge on any atom is 0.326 e. The topological polar surface area (TPSA) is 86.7 Å². The SMILES string of the molecule is CCCCCCC(=O)N1CCC[C@H]1C(=O)N[C@@H](Cc1ccccc1)C(=O)O. The van der Waals surface area contributed by atoms with Gasteiger partial charge in [-0.3, -0.25) is 9.59 Å². The van der Waals surface area contributed by atoms with Crippen molar-refractivity contribution in [2.24, 2.45) is 0 Å². The van der Waals surface area contributed by atoms with Crippen molar-refractivity contribution in [3.8, 4) is 0 Å². The van der Waals surface area contributed by atoms with Crippen LogP contribution in [0.15, 0.2) is 30.3 Å². The second-order valence-electron chi connectivity index (χ2n) is 7.14. The highest BCUT2D eigenvalue weighted by Gasteiger charge is 2.35. The molecule has 2 atom stereocenters. The lowest BCUT2D eigenvalue weighted by atomic mass is 10.1. The van der Waals surface area contributed by atoms with E-state index in [1.165, 1.54) is 0 Å². The molecular weight excluding hydrogens is 344 g/mol. The van der Waals surface area contributed by atoms with E-state index >= 15 is 0 Å². The van der Waals surface area contributed by atoms with Crippen LogP contribution >= 0.6 is 0 Å². The Morgan fingerprint density at radius 1 is 1.19 bits per heavy atom. The molecule has 1 heterocycles. The molecule has 1 aromatic carbocycles. The Hall–Kier alpha value is -2.37. The van der Waals surface area contributed by atoms with Gasteiger partial charge in [0.1, 0.15) is 12.1 Å². The predicted molar refractivity (Wildman–Crippen MR) is 103 cm³/mol. The van der Waals surface area contributed by atoms with Crippen molar-refractivity contribution in [3.05, 3.63) is 35.9 Å². The molecule has 1 aromatic rings. The van der Waals surface area contributed by atoms with Crippen LogP contribution in [0, 0.1) is 0 Å². The standard InChI is InChI=1S/C21H30N2O4/c1-2-3-4-8-13-19(24)23-14-9-12-18(23)20(25)22-17(21(26)27)15-16-10-6-5-7-11-16/h5-7,10-11,17-18H,2-4,8-9,12-15H2,1H3,(H,22,25)(H,26,27)/t17-,18-/m0/s1. The third-order valence-corrected chi connectivity index (χ3v) is 5.02. The van der Waals surface area contributed by atoms with Gasteiger partial charge in [-0.15, -0.1) is 0 Å². The smallest absolute Gasteiger partial charge is 0.326 e. The molecule has 148 valence electrons. The van der Waals surface area contributed by atoms with Crippen LogP contribution in [0.5, 0.6) is 0 Å². The van der Waals surface area contributed by atoms with Crippen molar-refractivity contribution < 1.29 is 19.5 Å². The number of benzene rings is 1. The molecule has 2 rings (SSSR count). The fourth-order valence-electron chi connectivity index (χ4n) is 3.50. The van der Waals surface area contributed by atoms with Crippen LogP contribution in [0.3, 0.4) is 0 Å². The van der Waals surface area contributed by atoms with Crippen molar-refractivity contribution in [3.63, 3.8) is 0 Å². The fraction of sp³-hybridized carbons (Fsp3) is 0.571. The molecule has 0 aliphatic carbocycles. The summed E-state index contributed by atoms with van der Waals surface area (Å²) in [6.07, 6.45) is 6.11. The summed E-state index contributed by atoms with van der Waals surface area (Å²) in [5, 5.41) is 12.1. The zero-order valence-corrected chi connectivity index (χ0v) is 16.0. The summed E-state index contributed by atoms with van der Waals surface area (Å²) in [5.74, 6) is -1.43. The van der Waals surface area contributed by atoms with Crippen LogP contribution in [0.1, 0.15) is 57.4 Å². The second kappa shape index (κ2) is 10.7. The molecule has 27 heavy (non-hydrogen) atoms. The van der Waals surface area contributed by atoms with Gasteiger partial charge in [-0.1, -0.05) is 56.5 Å². The molecule has 2 N–H and O–H groups in total. The summed E-state index contributed by atoms with van der Waals surface area (Å²) in [6, 6.07) is 7.66. The van der Waals surface area contributed by atoms with Gasteiger partial charge in [-0.05, 0) is 24.8 Å². The number of carboxylic acid groups (broad SMARTS) is 1. The van der Waals surface area contributed by atoms with E-state index in [1.807, 2.05) is 30.3 Å². The molecule has 0 aromatic heterocycles. The third kappa shape index (κ3) is 6.38. The number of carbonyl (C=O) groups is 3. The van der Waals surface area contributed by atoms with Gasteiger partial charge in [-0.2, -0.15) is 0 Å². The fourth-order valence-corrected chi connectivity index (χ4v) is 3.50. The van der Waals surface area contributed by atoms with Crippen LogP contribution in [0.2, 0.25) is 0 Å². The highest BCUT2D eigenvalue weighted by atomic mass is 16.4. The summed E-state index contributed by atoms with van der Waals surface area (Å²) in [6.45, 7) is 2.69. The minimum Gasteiger partial charge on any atom is -0.480 e. The molecular formula is C21H30N2O4. The van der Waals surface area contributed by atoms with Crippen molar-refractivity contribution in [2.45, 2.75) is 70.4 Å². The third-order valence-electron chi connectivity index (χ3n) is 5.02. The van der Waals surface area contributed by atoms with Crippen LogP contribution in [-0.2, 0) is 20.8 Å². The maximum absolute atomic E-state index is 12.7. The zero-order chi connectivity index (χ0) is 19.6. The lowest BCUT2D eigenvalue weighted by Crippen LogP contribution is -2.51. The van der Waals surface area contributed by atoms with Crippen LogP contribution < -0.4 is 5.32 Å². The quantitative estimate of drug-likeness (QED) is 0.617. The predicted octanol–water partition coefficient (Wildman–Crippen LogP) is 2.76. The summed E-state index contributed by atoms with van der Waals surface area (Å²) in [7, 11) is 0. The number of carbonyl (C=O) groups excluding carboxylic acids is 2. The Morgan fingerprint density at radius 3 is 2.59 bits per heavy atom. The first-order valence-electron chi connectivity index (χ1n) is 9.89. The number of nitrogens with one attached hydrogen (secondary N) is 1. The Bertz CT molecular complexity index is 632. The number of unbranched alkanes of at least 4 members (excludes halogenated alkanes) is 3. The first-order chi connectivity index (χ1) is 13.0. The van der Waals surface area contributed by atoms with E-state index in [-0.39, 0.29) is 18.2 Å². The largest absolute Gasteiger partial charge is 0.480 e. The molecule has 6 nitrogen and oxygen atoms in total. The first-order valence-corrected chi connectivity index (χ1v) is 9.89. The zero-order valence-electron chi connectivity index (χ0n) is 16.0. The number of hydrogen-bond acceptors (Lipinski definition) is 3. The average Bonchev–Trinajstić information content (AvgIpc) is 3.15. The summed E-state index contributed by atoms with van der Waals surface area (Å²) in [5.41, 5.74) is 0.848. The number of hydrogen-bond donors (Lipinski definition) is 2. The molecule has 1 saturated heterocycles. The number of rotatable bonds is 10. The van der Waals surface area contributed by atoms with E-state index in [0.29, 0.717) is 19.4 Å². The lowest BCUT2D eigenvalue weighted by molar-refractivity contribution is -0.143. The molecule has 2 amide bonds. The van der Waals surface area contributed by atoms with Crippen molar-refractivity contribution in [1.29, 1.82) is 0 Å². The van der Waals surface area contributed by atoms with Crippen LogP contribution in [0.25, 0.3) is 0 Å². The van der Waals surface area contributed by atoms with Gasteiger partial charge in [0.15, 0.2) is 0 Å². The van der Waals surface area contributed by atoms with E-state index in [0.717, 1.165) is 37.7 Å². The molecule has 0 bridgehead atoms. The molecule has 1 fully saturated rings. The van der Waals surface area contributed by atoms with Gasteiger partial charge in [0.2, 0.25) is 11.8 Å². The minimum absolute atomic E-state index is 0.00122. The van der Waals surface area contributed by atoms with Crippen LogP contribution in [-0.4, -0.2) is 46.4 Å². The summed E-state index contributed by atoms with van der Waals surface area (Å²) in [4.78, 5) is 38.3. The molecule has 0 spiro atoms. The number of likely N-dealkylation sites (tertiary alicyclic amines) is 1. The lowest BCUT2D eigenvalue weighted by Gasteiger charge is -2.25. The van der Waals surface area contributed by atoms with Crippen molar-refractivity contribution in [2.75, 3.05) is 6.54 Å². The van der Waals surface area contributed by atoms with Gasteiger partial charge < -0.3 is 15.3 Å². The molecule has 1 aliphatic rings. The average molecular weight is 374 g/mol. The van der Waals surface area contributed by atoms with E-state index in [1.54, 1.807) is 4.90 Å². The highest BCUT2D eigenvalue weighted by molar-refractivity contribution is 5.91. The van der Waals surface area contributed by atoms with Gasteiger partial charge in [0.05, 0.1) is 0 Å². The van der Waals surface area contributed by atoms with E-state index in [4.69, 9.17) is 0 Å². The normalized spacial score (nSPS) is 17.5. The summed E-state index contributed by atoms with van der Waals surface area (Å²) < 4.78 is 0. The van der Waals surface area contributed by atoms with Gasteiger partial charge in [0, 0.05) is 19.4 Å². The molecule has 0 saturated carbocycles. The monoisotopic (exact) mass is 374 g/mol. The van der Waals surface area contributed by atoms with Gasteiger partial charge in [0.25, 0.3) is 0 Å². The van der Waals surface area contributed by atoms with Crippen molar-refractivity contribution >= 4 is 17.8 Å². The minimum atomic E-state index is -1.07. The Kier molecular flexibility index (Phi) is 8.30. The Morgan fingerprint density at radius 2 is 1.93 bits per heavy atom. The number of aliphatic carboxylic acids is 1. The van der Waals surface area contributed by atoms with E-state index in [2.05, 4.69) is 12.2 Å². The van der Waals surface area contributed by atoms with Gasteiger partial charge in [-0.25, -0.2) is 4.79 Å². The molecule has 6 heteroatoms. The number of nitrogens with zero attached hydrogens (tertiary/aromatic N) is 1. The number of carboxylic acids is 1. The maximum atomic E-state index is 12.7. The Balaban J connectivity index is 1.93. The van der Waals surface area contributed by atoms with E-state index in [9.17, 15) is 19.5 Å². The highest BCUT2D eigenvalue weighted by Crippen LogP contribution is 2.20. The number of amides is 2. The molecule has 1 aliphatic heterocycles. The second-order valence-corrected chi connectivity index (χ2v) is 7.14. The van der Waals surface area contributed by atoms with E-state index < -0.39 is 18.1 Å². The first kappa shape index (κ1) is 20.9. The van der Waals surface area contributed by atoms with Gasteiger partial charge >= 0.3 is 5.97 Å².